The highest BCUT2D eigenvalue weighted by atomic mass is 19.4. The first-order chi connectivity index (χ1) is 14.2. The molecule has 0 spiro atoms. The summed E-state index contributed by atoms with van der Waals surface area (Å²) in [5.74, 6) is -1.54. The minimum Gasteiger partial charge on any atom is -0.479 e. The van der Waals surface area contributed by atoms with Crippen LogP contribution in [0.1, 0.15) is 15.9 Å². The third-order valence-corrected chi connectivity index (χ3v) is 4.03. The average Bonchev–Trinajstić information content (AvgIpc) is 2.72. The number of pyridine rings is 1. The molecule has 0 saturated carbocycles. The first-order valence-electron chi connectivity index (χ1n) is 8.63. The van der Waals surface area contributed by atoms with Gasteiger partial charge < -0.3 is 15.2 Å². The van der Waals surface area contributed by atoms with Crippen LogP contribution in [0.5, 0.6) is 5.88 Å². The lowest BCUT2D eigenvalue weighted by Gasteiger charge is -2.12. The lowest BCUT2D eigenvalue weighted by atomic mass is 9.98. The van der Waals surface area contributed by atoms with Crippen LogP contribution in [0, 0.1) is 0 Å². The number of halogens is 3. The van der Waals surface area contributed by atoms with Crippen molar-refractivity contribution >= 4 is 17.6 Å². The number of ether oxygens (including phenoxy) is 1. The van der Waals surface area contributed by atoms with E-state index in [-0.39, 0.29) is 11.4 Å². The van der Waals surface area contributed by atoms with Gasteiger partial charge in [0, 0.05) is 11.6 Å². The molecule has 0 aliphatic carbocycles. The van der Waals surface area contributed by atoms with E-state index < -0.39 is 30.2 Å². The zero-order valence-corrected chi connectivity index (χ0v) is 15.3. The lowest BCUT2D eigenvalue weighted by Crippen LogP contribution is -2.14. The van der Waals surface area contributed by atoms with Gasteiger partial charge in [0.05, 0.1) is 17.4 Å². The third kappa shape index (κ3) is 5.13. The first kappa shape index (κ1) is 20.8. The SMILES string of the molecule is O=C(O)COc1ccc(NC(=O)c2ccccc2-c2ccc(C(F)(F)F)cc2)cn1. The van der Waals surface area contributed by atoms with Crippen molar-refractivity contribution in [1.29, 1.82) is 0 Å². The van der Waals surface area contributed by atoms with Gasteiger partial charge in [-0.1, -0.05) is 30.3 Å². The van der Waals surface area contributed by atoms with Gasteiger partial charge in [-0.3, -0.25) is 4.79 Å². The molecule has 1 amide bonds. The van der Waals surface area contributed by atoms with Crippen LogP contribution in [-0.4, -0.2) is 28.6 Å². The van der Waals surface area contributed by atoms with Crippen molar-refractivity contribution < 1.29 is 32.6 Å². The van der Waals surface area contributed by atoms with Crippen LogP contribution in [0.3, 0.4) is 0 Å². The average molecular weight is 416 g/mol. The van der Waals surface area contributed by atoms with Gasteiger partial charge in [0.2, 0.25) is 5.88 Å². The van der Waals surface area contributed by atoms with Crippen molar-refractivity contribution in [3.05, 3.63) is 78.0 Å². The Morgan fingerprint density at radius 3 is 2.30 bits per heavy atom. The molecule has 0 aliphatic rings. The Bertz CT molecular complexity index is 1050. The highest BCUT2D eigenvalue weighted by Crippen LogP contribution is 2.32. The number of rotatable bonds is 6. The van der Waals surface area contributed by atoms with E-state index in [1.54, 1.807) is 24.3 Å². The van der Waals surface area contributed by atoms with E-state index in [0.717, 1.165) is 12.1 Å². The number of alkyl halides is 3. The van der Waals surface area contributed by atoms with E-state index in [9.17, 15) is 22.8 Å². The molecule has 0 aliphatic heterocycles. The molecular weight excluding hydrogens is 401 g/mol. The van der Waals surface area contributed by atoms with Gasteiger partial charge in [-0.15, -0.1) is 0 Å². The van der Waals surface area contributed by atoms with Crippen LogP contribution in [-0.2, 0) is 11.0 Å². The zero-order valence-electron chi connectivity index (χ0n) is 15.3. The van der Waals surface area contributed by atoms with Crippen LogP contribution in [0.15, 0.2) is 66.9 Å². The fraction of sp³-hybridized carbons (Fsp3) is 0.0952. The van der Waals surface area contributed by atoms with Crippen molar-refractivity contribution in [2.45, 2.75) is 6.18 Å². The molecule has 3 rings (SSSR count). The highest BCUT2D eigenvalue weighted by Gasteiger charge is 2.30. The highest BCUT2D eigenvalue weighted by molar-refractivity contribution is 6.08. The molecule has 0 saturated heterocycles. The van der Waals surface area contributed by atoms with Gasteiger partial charge in [0.1, 0.15) is 0 Å². The second-order valence-electron chi connectivity index (χ2n) is 6.14. The summed E-state index contributed by atoms with van der Waals surface area (Å²) < 4.78 is 43.3. The molecule has 0 atom stereocenters. The van der Waals surface area contributed by atoms with Crippen LogP contribution in [0.25, 0.3) is 11.1 Å². The molecule has 0 bridgehead atoms. The van der Waals surface area contributed by atoms with Crippen LogP contribution < -0.4 is 10.1 Å². The Kier molecular flexibility index (Phi) is 6.01. The number of benzene rings is 2. The maximum Gasteiger partial charge on any atom is 0.416 e. The fourth-order valence-electron chi connectivity index (χ4n) is 2.65. The largest absolute Gasteiger partial charge is 0.479 e. The summed E-state index contributed by atoms with van der Waals surface area (Å²) in [7, 11) is 0. The Balaban J connectivity index is 1.78. The normalized spacial score (nSPS) is 11.0. The Morgan fingerprint density at radius 1 is 1.00 bits per heavy atom. The summed E-state index contributed by atoms with van der Waals surface area (Å²) in [5.41, 5.74) is 0.764. The number of anilines is 1. The zero-order chi connectivity index (χ0) is 21.7. The second kappa shape index (κ2) is 8.64. The lowest BCUT2D eigenvalue weighted by molar-refractivity contribution is -0.139. The van der Waals surface area contributed by atoms with Crippen molar-refractivity contribution in [2.24, 2.45) is 0 Å². The molecule has 9 heteroatoms. The minimum absolute atomic E-state index is 0.0838. The van der Waals surface area contributed by atoms with Gasteiger partial charge in [0.25, 0.3) is 5.91 Å². The predicted molar refractivity (Wildman–Crippen MR) is 102 cm³/mol. The summed E-state index contributed by atoms with van der Waals surface area (Å²) in [4.78, 5) is 27.1. The monoisotopic (exact) mass is 416 g/mol. The summed E-state index contributed by atoms with van der Waals surface area (Å²) >= 11 is 0. The number of nitrogens with one attached hydrogen (secondary N) is 1. The second-order valence-corrected chi connectivity index (χ2v) is 6.14. The maximum absolute atomic E-state index is 12.8. The van der Waals surface area contributed by atoms with Gasteiger partial charge in [-0.05, 0) is 35.4 Å². The van der Waals surface area contributed by atoms with E-state index in [0.29, 0.717) is 16.8 Å². The minimum atomic E-state index is -4.44. The van der Waals surface area contributed by atoms with E-state index in [4.69, 9.17) is 9.84 Å². The predicted octanol–water partition coefficient (Wildman–Crippen LogP) is 4.48. The van der Waals surface area contributed by atoms with E-state index in [1.807, 2.05) is 0 Å². The van der Waals surface area contributed by atoms with Crippen LogP contribution >= 0.6 is 0 Å². The molecule has 2 aromatic carbocycles. The maximum atomic E-state index is 12.8. The summed E-state index contributed by atoms with van der Waals surface area (Å²) in [5, 5.41) is 11.2. The van der Waals surface area contributed by atoms with Crippen molar-refractivity contribution in [2.75, 3.05) is 11.9 Å². The number of aromatic nitrogens is 1. The quantitative estimate of drug-likeness (QED) is 0.619. The molecule has 154 valence electrons. The van der Waals surface area contributed by atoms with Crippen LogP contribution in [0.4, 0.5) is 18.9 Å². The van der Waals surface area contributed by atoms with Crippen LogP contribution in [0.2, 0.25) is 0 Å². The molecule has 1 heterocycles. The van der Waals surface area contributed by atoms with Gasteiger partial charge in [0.15, 0.2) is 6.61 Å². The number of carbonyl (C=O) groups is 2. The standard InChI is InChI=1S/C21H15F3N2O4/c22-21(23,24)14-7-5-13(6-8-14)16-3-1-2-4-17(16)20(29)26-15-9-10-18(25-11-15)30-12-19(27)28/h1-11H,12H2,(H,26,29)(H,27,28). The summed E-state index contributed by atoms with van der Waals surface area (Å²) in [6, 6.07) is 14.0. The Hall–Kier alpha value is -3.88. The molecule has 30 heavy (non-hydrogen) atoms. The molecular formula is C21H15F3N2O4. The van der Waals surface area contributed by atoms with Gasteiger partial charge in [-0.25, -0.2) is 9.78 Å². The van der Waals surface area contributed by atoms with E-state index in [1.165, 1.54) is 30.5 Å². The summed E-state index contributed by atoms with van der Waals surface area (Å²) in [6.07, 6.45) is -3.14. The first-order valence-corrected chi connectivity index (χ1v) is 8.63. The van der Waals surface area contributed by atoms with Crippen molar-refractivity contribution in [1.82, 2.24) is 4.98 Å². The van der Waals surface area contributed by atoms with E-state index >= 15 is 0 Å². The number of carboxylic acids is 1. The number of carboxylic acid groups (broad SMARTS) is 1. The fourth-order valence-corrected chi connectivity index (χ4v) is 2.65. The molecule has 0 unspecified atom stereocenters. The van der Waals surface area contributed by atoms with Gasteiger partial charge in [-0.2, -0.15) is 13.2 Å². The molecule has 0 fully saturated rings. The number of carbonyl (C=O) groups excluding carboxylic acids is 1. The summed E-state index contributed by atoms with van der Waals surface area (Å²) in [6.45, 7) is -0.542. The van der Waals surface area contributed by atoms with E-state index in [2.05, 4.69) is 10.3 Å². The Labute approximate surface area is 169 Å². The number of amides is 1. The van der Waals surface area contributed by atoms with Crippen molar-refractivity contribution in [3.63, 3.8) is 0 Å². The molecule has 3 aromatic rings. The molecule has 0 radical (unpaired) electrons. The number of nitrogens with zero attached hydrogens (tertiary/aromatic N) is 1. The van der Waals surface area contributed by atoms with Gasteiger partial charge >= 0.3 is 12.1 Å². The Morgan fingerprint density at radius 2 is 1.70 bits per heavy atom. The smallest absolute Gasteiger partial charge is 0.416 e. The number of hydrogen-bond acceptors (Lipinski definition) is 4. The van der Waals surface area contributed by atoms with Crippen molar-refractivity contribution in [3.8, 4) is 17.0 Å². The molecule has 6 nitrogen and oxygen atoms in total. The molecule has 2 N–H and O–H groups in total. The molecule has 1 aromatic heterocycles. The topological polar surface area (TPSA) is 88.5 Å². The number of aliphatic carboxylic acids is 1. The third-order valence-electron chi connectivity index (χ3n) is 4.03. The number of hydrogen-bond donors (Lipinski definition) is 2.